The Balaban J connectivity index is 1.65. The Morgan fingerprint density at radius 1 is 1.21 bits per heavy atom. The van der Waals surface area contributed by atoms with Gasteiger partial charge in [-0.1, -0.05) is 12.1 Å². The zero-order chi connectivity index (χ0) is 20.5. The van der Waals surface area contributed by atoms with Crippen molar-refractivity contribution < 1.29 is 14.3 Å². The van der Waals surface area contributed by atoms with E-state index in [4.69, 9.17) is 4.74 Å². The number of methoxy groups -OCH3 is 1. The van der Waals surface area contributed by atoms with Crippen LogP contribution < -0.4 is 10.3 Å². The molecule has 4 rings (SSSR count). The first-order valence-corrected chi connectivity index (χ1v) is 9.95. The van der Waals surface area contributed by atoms with E-state index in [9.17, 15) is 14.4 Å². The third kappa shape index (κ3) is 3.54. The normalized spacial score (nSPS) is 23.7. The quantitative estimate of drug-likeness (QED) is 0.810. The highest BCUT2D eigenvalue weighted by atomic mass is 16.5. The number of benzene rings is 1. The fourth-order valence-corrected chi connectivity index (χ4v) is 4.82. The number of aromatic amines is 2. The summed E-state index contributed by atoms with van der Waals surface area (Å²) in [5.74, 6) is 0.764. The molecule has 2 saturated heterocycles. The number of ether oxygens (including phenoxy) is 1. The van der Waals surface area contributed by atoms with Crippen molar-refractivity contribution in [2.45, 2.75) is 44.2 Å². The Labute approximate surface area is 168 Å². The van der Waals surface area contributed by atoms with Crippen LogP contribution in [0.2, 0.25) is 0 Å². The number of rotatable bonds is 4. The predicted octanol–water partition coefficient (Wildman–Crippen LogP) is 1.26. The van der Waals surface area contributed by atoms with Gasteiger partial charge in [-0.2, -0.15) is 0 Å². The van der Waals surface area contributed by atoms with E-state index >= 15 is 0 Å². The van der Waals surface area contributed by atoms with Gasteiger partial charge >= 0.3 is 0 Å². The van der Waals surface area contributed by atoms with Crippen molar-refractivity contribution in [3.05, 3.63) is 51.9 Å². The van der Waals surface area contributed by atoms with E-state index in [0.717, 1.165) is 24.2 Å². The molecule has 2 aromatic rings. The zero-order valence-electron chi connectivity index (χ0n) is 16.7. The number of amides is 2. The number of piperidine rings is 1. The molecule has 0 aliphatic carbocycles. The second kappa shape index (κ2) is 7.77. The van der Waals surface area contributed by atoms with Crippen molar-refractivity contribution in [3.63, 3.8) is 0 Å². The molecule has 2 N–H and O–H groups in total. The fraction of sp³-hybridized carbons (Fsp3) is 0.476. The molecule has 0 spiro atoms. The largest absolute Gasteiger partial charge is 0.497 e. The Kier molecular flexibility index (Phi) is 5.17. The number of carbonyl (C=O) groups excluding carboxylic acids is 2. The summed E-state index contributed by atoms with van der Waals surface area (Å²) in [6.07, 6.45) is 3.32. The van der Waals surface area contributed by atoms with Crippen molar-refractivity contribution in [1.82, 2.24) is 20.0 Å². The molecule has 2 aliphatic rings. The fourth-order valence-electron chi connectivity index (χ4n) is 4.82. The molecule has 2 aliphatic heterocycles. The van der Waals surface area contributed by atoms with Crippen LogP contribution in [0.4, 0.5) is 0 Å². The van der Waals surface area contributed by atoms with Gasteiger partial charge in [0.1, 0.15) is 5.75 Å². The third-order valence-corrected chi connectivity index (χ3v) is 6.19. The SMILES string of the molecule is COc1ccc([C@H]2CN(C(=O)Cc3c[nH][nH]c3=O)[C@@H]3CCCN(C(C)=O)[C@H]23)cc1. The van der Waals surface area contributed by atoms with Gasteiger partial charge in [0.2, 0.25) is 11.8 Å². The molecule has 154 valence electrons. The van der Waals surface area contributed by atoms with Crippen LogP contribution in [-0.4, -0.2) is 64.1 Å². The summed E-state index contributed by atoms with van der Waals surface area (Å²) >= 11 is 0. The topological polar surface area (TPSA) is 98.5 Å². The number of hydrogen-bond donors (Lipinski definition) is 2. The highest BCUT2D eigenvalue weighted by Gasteiger charge is 2.49. The molecule has 8 heteroatoms. The summed E-state index contributed by atoms with van der Waals surface area (Å²) in [6.45, 7) is 2.84. The van der Waals surface area contributed by atoms with E-state index in [-0.39, 0.29) is 41.8 Å². The summed E-state index contributed by atoms with van der Waals surface area (Å²) in [5.41, 5.74) is 1.25. The summed E-state index contributed by atoms with van der Waals surface area (Å²) in [6, 6.07) is 7.76. The first-order chi connectivity index (χ1) is 14.0. The number of likely N-dealkylation sites (tertiary alicyclic amines) is 2. The van der Waals surface area contributed by atoms with Gasteiger partial charge in [0, 0.05) is 37.7 Å². The van der Waals surface area contributed by atoms with Crippen molar-refractivity contribution in [2.24, 2.45) is 0 Å². The summed E-state index contributed by atoms with van der Waals surface area (Å²) in [5, 5.41) is 5.12. The van der Waals surface area contributed by atoms with E-state index in [1.165, 1.54) is 6.20 Å². The van der Waals surface area contributed by atoms with Crippen LogP contribution in [0.3, 0.4) is 0 Å². The lowest BCUT2D eigenvalue weighted by atomic mass is 9.86. The van der Waals surface area contributed by atoms with Gasteiger partial charge < -0.3 is 19.6 Å². The minimum absolute atomic E-state index is 0.0311. The molecule has 2 amide bonds. The van der Waals surface area contributed by atoms with Crippen LogP contribution in [0.1, 0.15) is 36.8 Å². The number of nitrogens with zero attached hydrogens (tertiary/aromatic N) is 2. The van der Waals surface area contributed by atoms with Crippen molar-refractivity contribution in [2.75, 3.05) is 20.2 Å². The van der Waals surface area contributed by atoms with Crippen LogP contribution in [0.15, 0.2) is 35.3 Å². The highest BCUT2D eigenvalue weighted by molar-refractivity contribution is 5.80. The van der Waals surface area contributed by atoms with Gasteiger partial charge in [0.25, 0.3) is 5.56 Å². The van der Waals surface area contributed by atoms with Crippen LogP contribution >= 0.6 is 0 Å². The average Bonchev–Trinajstić information content (AvgIpc) is 3.31. The average molecular weight is 398 g/mol. The Hall–Kier alpha value is -3.03. The van der Waals surface area contributed by atoms with E-state index in [1.54, 1.807) is 14.0 Å². The monoisotopic (exact) mass is 398 g/mol. The molecule has 2 fully saturated rings. The second-order valence-electron chi connectivity index (χ2n) is 7.78. The number of H-pyrrole nitrogens is 2. The van der Waals surface area contributed by atoms with Crippen LogP contribution in [0.25, 0.3) is 0 Å². The molecule has 3 heterocycles. The maximum absolute atomic E-state index is 13.1. The van der Waals surface area contributed by atoms with Crippen molar-refractivity contribution in [3.8, 4) is 5.75 Å². The third-order valence-electron chi connectivity index (χ3n) is 6.19. The van der Waals surface area contributed by atoms with E-state index in [0.29, 0.717) is 18.7 Å². The minimum Gasteiger partial charge on any atom is -0.497 e. The summed E-state index contributed by atoms with van der Waals surface area (Å²) in [4.78, 5) is 41.1. The lowest BCUT2D eigenvalue weighted by molar-refractivity contribution is -0.137. The molecule has 3 atom stereocenters. The molecule has 0 radical (unpaired) electrons. The first-order valence-electron chi connectivity index (χ1n) is 9.95. The molecule has 0 bridgehead atoms. The Bertz CT molecular complexity index is 948. The Morgan fingerprint density at radius 3 is 2.59 bits per heavy atom. The summed E-state index contributed by atoms with van der Waals surface area (Å²) < 4.78 is 5.26. The number of fused-ring (bicyclic) bond motifs is 1. The summed E-state index contributed by atoms with van der Waals surface area (Å²) in [7, 11) is 1.63. The maximum Gasteiger partial charge on any atom is 0.267 e. The van der Waals surface area contributed by atoms with Crippen molar-refractivity contribution >= 4 is 11.8 Å². The number of aromatic nitrogens is 2. The number of carbonyl (C=O) groups is 2. The molecule has 1 aromatic heterocycles. The van der Waals surface area contributed by atoms with Gasteiger partial charge in [-0.25, -0.2) is 0 Å². The molecular formula is C21H26N4O4. The molecular weight excluding hydrogens is 372 g/mol. The second-order valence-corrected chi connectivity index (χ2v) is 7.78. The van der Waals surface area contributed by atoms with Crippen molar-refractivity contribution in [1.29, 1.82) is 0 Å². The zero-order valence-corrected chi connectivity index (χ0v) is 16.7. The standard InChI is InChI=1S/C21H26N4O4/c1-13(26)24-9-3-4-18-20(24)17(14-5-7-16(29-2)8-6-14)12-25(18)19(27)10-15-11-22-23-21(15)28/h5-8,11,17-18,20H,3-4,9-10,12H2,1-2H3,(H2,22,23,28)/t17-,18-,20-/m1/s1. The number of nitrogens with one attached hydrogen (secondary N) is 2. The van der Waals surface area contributed by atoms with Gasteiger partial charge in [-0.15, -0.1) is 0 Å². The smallest absolute Gasteiger partial charge is 0.267 e. The van der Waals surface area contributed by atoms with Crippen LogP contribution in [-0.2, 0) is 16.0 Å². The van der Waals surface area contributed by atoms with Gasteiger partial charge in [-0.3, -0.25) is 19.5 Å². The van der Waals surface area contributed by atoms with Crippen LogP contribution in [0, 0.1) is 0 Å². The molecule has 8 nitrogen and oxygen atoms in total. The van der Waals surface area contributed by atoms with E-state index in [2.05, 4.69) is 10.2 Å². The van der Waals surface area contributed by atoms with Gasteiger partial charge in [-0.05, 0) is 30.5 Å². The predicted molar refractivity (Wildman–Crippen MR) is 107 cm³/mol. The van der Waals surface area contributed by atoms with Gasteiger partial charge in [0.15, 0.2) is 0 Å². The molecule has 0 saturated carbocycles. The lowest BCUT2D eigenvalue weighted by Gasteiger charge is -2.41. The minimum atomic E-state index is -0.269. The van der Waals surface area contributed by atoms with Crippen LogP contribution in [0.5, 0.6) is 5.75 Å². The Morgan fingerprint density at radius 2 is 1.97 bits per heavy atom. The van der Waals surface area contributed by atoms with E-state index in [1.807, 2.05) is 34.1 Å². The lowest BCUT2D eigenvalue weighted by Crippen LogP contribution is -2.53. The first kappa shape index (κ1) is 19.3. The molecule has 1 aromatic carbocycles. The highest BCUT2D eigenvalue weighted by Crippen LogP contribution is 2.40. The van der Waals surface area contributed by atoms with E-state index < -0.39 is 0 Å². The number of hydrogen-bond acceptors (Lipinski definition) is 4. The maximum atomic E-state index is 13.1. The van der Waals surface area contributed by atoms with Gasteiger partial charge in [0.05, 0.1) is 25.6 Å². The molecule has 0 unspecified atom stereocenters. The molecule has 29 heavy (non-hydrogen) atoms.